The van der Waals surface area contributed by atoms with Crippen LogP contribution in [0.2, 0.25) is 0 Å². The minimum absolute atomic E-state index is 0.104. The van der Waals surface area contributed by atoms with Gasteiger partial charge in [0.2, 0.25) is 3.79 Å². The zero-order valence-corrected chi connectivity index (χ0v) is 47.7. The number of nitrogens with one attached hydrogen (secondary N) is 1. The summed E-state index contributed by atoms with van der Waals surface area (Å²) in [7, 11) is -4.83. The number of carbonyl (C=O) groups is 3. The average molecular weight is 1140 g/mol. The molecule has 6 atom stereocenters. The van der Waals surface area contributed by atoms with Gasteiger partial charge in [0.1, 0.15) is 61.8 Å². The SMILES string of the molecule is CCCCCCCCCCCCCC(=O)O[C@H](CCCCCCCCCCC)CCO[C@@H]1[C@@H](NC(=O)OCC(Cl)(Cl)Cl)[C@@H](O)O[C@H](COC(=O)OCc2ccccc2)[C@H]1OP(=O)(Oc1ccccc1)Oc1ccccc1. The summed E-state index contributed by atoms with van der Waals surface area (Å²) >= 11 is 17.7. The number of hydrogen-bond acceptors (Lipinski definition) is 14. The van der Waals surface area contributed by atoms with Gasteiger partial charge in [-0.15, -0.1) is 0 Å². The van der Waals surface area contributed by atoms with Crippen molar-refractivity contribution in [2.45, 2.75) is 209 Å². The molecule has 76 heavy (non-hydrogen) atoms. The molecule has 1 fully saturated rings. The van der Waals surface area contributed by atoms with Crippen molar-refractivity contribution in [3.8, 4) is 11.5 Å². The van der Waals surface area contributed by atoms with Gasteiger partial charge in [0, 0.05) is 12.8 Å². The van der Waals surface area contributed by atoms with Crippen LogP contribution in [0.25, 0.3) is 0 Å². The lowest BCUT2D eigenvalue weighted by Crippen LogP contribution is -2.65. The maximum atomic E-state index is 15.1. The van der Waals surface area contributed by atoms with Crippen LogP contribution in [0.4, 0.5) is 9.59 Å². The average Bonchev–Trinajstić information content (AvgIpc) is 3.41. The van der Waals surface area contributed by atoms with Crippen LogP contribution in [0, 0.1) is 0 Å². The molecule has 4 rings (SSSR count). The normalized spacial score (nSPS) is 18.1. The number of aliphatic hydroxyl groups excluding tert-OH is 1. The third-order valence-electron chi connectivity index (χ3n) is 12.7. The Morgan fingerprint density at radius 2 is 1.14 bits per heavy atom. The lowest BCUT2D eigenvalue weighted by Gasteiger charge is -2.44. The third kappa shape index (κ3) is 28.2. The van der Waals surface area contributed by atoms with E-state index >= 15 is 4.57 Å². The van der Waals surface area contributed by atoms with Gasteiger partial charge in [-0.2, -0.15) is 0 Å². The van der Waals surface area contributed by atoms with Crippen LogP contribution in [0.1, 0.15) is 167 Å². The molecule has 1 saturated heterocycles. The van der Waals surface area contributed by atoms with Crippen molar-refractivity contribution in [1.29, 1.82) is 0 Å². The fourth-order valence-corrected chi connectivity index (χ4v) is 10.3. The number of benzene rings is 3. The fraction of sp³-hybridized carbons (Fsp3) is 0.632. The van der Waals surface area contributed by atoms with E-state index in [-0.39, 0.29) is 43.5 Å². The van der Waals surface area contributed by atoms with E-state index in [2.05, 4.69) is 19.2 Å². The van der Waals surface area contributed by atoms with E-state index < -0.39 is 73.8 Å². The Balaban J connectivity index is 1.59. The quantitative estimate of drug-likeness (QED) is 0.0181. The van der Waals surface area contributed by atoms with Crippen molar-refractivity contribution in [3.05, 3.63) is 96.6 Å². The van der Waals surface area contributed by atoms with Gasteiger partial charge >= 0.3 is 26.0 Å². The van der Waals surface area contributed by atoms with E-state index in [9.17, 15) is 19.5 Å². The summed E-state index contributed by atoms with van der Waals surface area (Å²) in [6.07, 6.45) is 14.5. The van der Waals surface area contributed by atoms with Crippen LogP contribution in [-0.4, -0.2) is 83.7 Å². The molecule has 0 radical (unpaired) electrons. The highest BCUT2D eigenvalue weighted by atomic mass is 35.6. The van der Waals surface area contributed by atoms with E-state index in [0.717, 1.165) is 51.4 Å². The molecule has 3 aromatic rings. The van der Waals surface area contributed by atoms with Gasteiger partial charge < -0.3 is 47.9 Å². The van der Waals surface area contributed by atoms with Gasteiger partial charge in [-0.1, -0.05) is 231 Å². The molecule has 0 unspecified atom stereocenters. The maximum absolute atomic E-state index is 15.1. The summed E-state index contributed by atoms with van der Waals surface area (Å²) in [6.45, 7) is 2.87. The highest BCUT2D eigenvalue weighted by Crippen LogP contribution is 2.52. The standard InChI is InChI=1S/C57H83Cl3NO14P/c1-3-5-7-9-11-13-14-16-18-20-31-39-50(62)71-46(34-26-19-17-15-12-10-8-6-4-2)40-41-67-53-51(61-55(64)70-44-57(58,59)60)54(63)72-49(43-69-56(65)68-42-45-32-24-21-25-33-45)52(53)75-76(66,73-47-35-27-22-28-36-47)74-48-37-29-23-30-38-48/h21-25,27-30,32-33,35-38,46,49,51-54,63H,3-20,26,31,34,39-44H2,1-2H3,(H,61,64)/t46-,49-,51-,52-,53-,54+/m1/s1. The largest absolute Gasteiger partial charge is 0.588 e. The first-order valence-corrected chi connectivity index (χ1v) is 30.1. The number of alkyl halides is 3. The Kier molecular flexibility index (Phi) is 32.3. The lowest BCUT2D eigenvalue weighted by atomic mass is 9.96. The van der Waals surface area contributed by atoms with E-state index in [4.69, 9.17) is 76.8 Å². The molecule has 1 amide bonds. The van der Waals surface area contributed by atoms with Crippen LogP contribution in [0.15, 0.2) is 91.0 Å². The Morgan fingerprint density at radius 3 is 1.67 bits per heavy atom. The number of unbranched alkanes of at least 4 members (excludes halogenated alkanes) is 18. The molecule has 1 aliphatic rings. The zero-order valence-electron chi connectivity index (χ0n) is 44.6. The summed E-state index contributed by atoms with van der Waals surface area (Å²) in [5.74, 6) is -0.0932. The fourth-order valence-electron chi connectivity index (χ4n) is 8.66. The first kappa shape index (κ1) is 64.7. The van der Waals surface area contributed by atoms with Crippen molar-refractivity contribution in [2.24, 2.45) is 0 Å². The second-order valence-corrected chi connectivity index (χ2v) is 23.2. The molecule has 19 heteroatoms. The molecule has 1 heterocycles. The van der Waals surface area contributed by atoms with E-state index in [1.54, 1.807) is 84.9 Å². The summed E-state index contributed by atoms with van der Waals surface area (Å²) in [5, 5.41) is 14.2. The minimum Gasteiger partial charge on any atom is -0.462 e. The minimum atomic E-state index is -4.83. The second kappa shape index (κ2) is 37.9. The van der Waals surface area contributed by atoms with Gasteiger partial charge in [0.15, 0.2) is 6.29 Å². The van der Waals surface area contributed by atoms with Crippen LogP contribution < -0.4 is 14.4 Å². The molecule has 426 valence electrons. The molecule has 1 aliphatic heterocycles. The molecule has 0 aromatic heterocycles. The molecular weight excluding hydrogens is 1060 g/mol. The highest BCUT2D eigenvalue weighted by Gasteiger charge is 2.52. The molecule has 0 saturated carbocycles. The number of amides is 1. The summed E-state index contributed by atoms with van der Waals surface area (Å²) in [5.41, 5.74) is 0.696. The van der Waals surface area contributed by atoms with E-state index in [1.165, 1.54) is 77.0 Å². The number of alkyl carbamates (subject to hydrolysis) is 1. The number of esters is 1. The Hall–Kier alpha value is -3.79. The first-order chi connectivity index (χ1) is 36.8. The molecule has 0 bridgehead atoms. The van der Waals surface area contributed by atoms with E-state index in [1.807, 2.05) is 6.07 Å². The first-order valence-electron chi connectivity index (χ1n) is 27.5. The number of phosphoric ester groups is 1. The monoisotopic (exact) mass is 1140 g/mol. The number of rotatable bonds is 39. The number of para-hydroxylation sites is 2. The van der Waals surface area contributed by atoms with Gasteiger partial charge in [0.25, 0.3) is 0 Å². The van der Waals surface area contributed by atoms with Gasteiger partial charge in [-0.3, -0.25) is 9.32 Å². The molecular formula is C57H83Cl3NO14P. The molecule has 0 spiro atoms. The van der Waals surface area contributed by atoms with Gasteiger partial charge in [-0.25, -0.2) is 14.2 Å². The van der Waals surface area contributed by atoms with Gasteiger partial charge in [0.05, 0.1) is 6.61 Å². The van der Waals surface area contributed by atoms with Crippen molar-refractivity contribution in [1.82, 2.24) is 5.32 Å². The maximum Gasteiger partial charge on any atom is 0.588 e. The zero-order chi connectivity index (χ0) is 54.7. The smallest absolute Gasteiger partial charge is 0.462 e. The number of carbonyl (C=O) groups excluding carboxylic acids is 3. The lowest BCUT2D eigenvalue weighted by molar-refractivity contribution is -0.258. The van der Waals surface area contributed by atoms with Crippen LogP contribution >= 0.6 is 42.6 Å². The number of hydrogen-bond donors (Lipinski definition) is 2. The third-order valence-corrected chi connectivity index (χ3v) is 14.4. The topological polar surface area (TPSA) is 184 Å². The Bertz CT molecular complexity index is 2010. The number of phosphoric acid groups is 1. The molecule has 15 nitrogen and oxygen atoms in total. The number of ether oxygens (including phenoxy) is 6. The van der Waals surface area contributed by atoms with Crippen LogP contribution in [0.3, 0.4) is 0 Å². The summed E-state index contributed by atoms with van der Waals surface area (Å²) in [4.78, 5) is 39.9. The Labute approximate surface area is 466 Å². The molecule has 2 N–H and O–H groups in total. The predicted octanol–water partition coefficient (Wildman–Crippen LogP) is 15.5. The Morgan fingerprint density at radius 1 is 0.645 bits per heavy atom. The van der Waals surface area contributed by atoms with E-state index in [0.29, 0.717) is 12.0 Å². The molecule has 3 aromatic carbocycles. The second-order valence-electron chi connectivity index (χ2n) is 19.2. The number of halogens is 3. The van der Waals surface area contributed by atoms with Gasteiger partial charge in [-0.05, 0) is 49.1 Å². The predicted molar refractivity (Wildman–Crippen MR) is 296 cm³/mol. The molecule has 0 aliphatic carbocycles. The van der Waals surface area contributed by atoms with Crippen molar-refractivity contribution < 1.29 is 66.0 Å². The number of aliphatic hydroxyl groups is 1. The van der Waals surface area contributed by atoms with Crippen molar-refractivity contribution in [2.75, 3.05) is 19.8 Å². The van der Waals surface area contributed by atoms with Crippen molar-refractivity contribution in [3.63, 3.8) is 0 Å². The summed E-state index contributed by atoms with van der Waals surface area (Å²) in [6, 6.07) is 23.7. The summed E-state index contributed by atoms with van der Waals surface area (Å²) < 4.78 is 66.3. The van der Waals surface area contributed by atoms with Crippen LogP contribution in [-0.2, 0) is 48.9 Å². The van der Waals surface area contributed by atoms with Crippen molar-refractivity contribution >= 4 is 60.8 Å². The highest BCUT2D eigenvalue weighted by molar-refractivity contribution is 7.49. The van der Waals surface area contributed by atoms with Crippen LogP contribution in [0.5, 0.6) is 11.5 Å².